The van der Waals surface area contributed by atoms with Gasteiger partial charge in [-0.2, -0.15) is 0 Å². The lowest BCUT2D eigenvalue weighted by atomic mass is 10.2. The third kappa shape index (κ3) is 6.44. The number of carbonyl (C=O) groups excluding carboxylic acids is 1. The zero-order valence-electron chi connectivity index (χ0n) is 10.9. The molecule has 0 bridgehead atoms. The largest absolute Gasteiger partial charge is 0.481 e. The lowest BCUT2D eigenvalue weighted by Crippen LogP contribution is -2.43. The Morgan fingerprint density at radius 1 is 1.33 bits per heavy atom. The number of rotatable bonds is 7. The molecule has 1 fully saturated rings. The Bertz CT molecular complexity index is 278. The molecule has 0 saturated carbocycles. The lowest BCUT2D eigenvalue weighted by molar-refractivity contribution is -0.137. The standard InChI is InChI=1S/C12H23N3O3/c1-10(4-5-11(16)17)14-12(18)13-6-9-15-7-2-3-8-15/h10H,2-9H2,1H3,(H,16,17)(H2,13,14,18). The fraction of sp³-hybridized carbons (Fsp3) is 0.833. The van der Waals surface area contributed by atoms with Gasteiger partial charge >= 0.3 is 12.0 Å². The molecule has 0 aromatic carbocycles. The second-order valence-electron chi connectivity index (χ2n) is 4.78. The molecule has 0 spiro atoms. The molecule has 0 aliphatic carbocycles. The number of hydrogen-bond donors (Lipinski definition) is 3. The van der Waals surface area contributed by atoms with Gasteiger partial charge in [0.25, 0.3) is 0 Å². The molecule has 0 radical (unpaired) electrons. The summed E-state index contributed by atoms with van der Waals surface area (Å²) in [6.07, 6.45) is 3.03. The highest BCUT2D eigenvalue weighted by atomic mass is 16.4. The number of likely N-dealkylation sites (tertiary alicyclic amines) is 1. The summed E-state index contributed by atoms with van der Waals surface area (Å²) in [5, 5.41) is 14.0. The van der Waals surface area contributed by atoms with Crippen molar-refractivity contribution in [1.29, 1.82) is 0 Å². The summed E-state index contributed by atoms with van der Waals surface area (Å²) in [6.45, 7) is 5.58. The van der Waals surface area contributed by atoms with Crippen LogP contribution in [0.15, 0.2) is 0 Å². The third-order valence-corrected chi connectivity index (χ3v) is 3.08. The Morgan fingerprint density at radius 2 is 2.00 bits per heavy atom. The van der Waals surface area contributed by atoms with Crippen LogP contribution in [0.5, 0.6) is 0 Å². The van der Waals surface area contributed by atoms with E-state index in [0.29, 0.717) is 13.0 Å². The van der Waals surface area contributed by atoms with E-state index in [-0.39, 0.29) is 18.5 Å². The Hall–Kier alpha value is -1.30. The molecule has 0 aromatic heterocycles. The first-order valence-electron chi connectivity index (χ1n) is 6.56. The molecule has 1 unspecified atom stereocenters. The van der Waals surface area contributed by atoms with Gasteiger partial charge in [-0.3, -0.25) is 4.79 Å². The van der Waals surface area contributed by atoms with Crippen molar-refractivity contribution in [1.82, 2.24) is 15.5 Å². The van der Waals surface area contributed by atoms with E-state index in [1.165, 1.54) is 12.8 Å². The van der Waals surface area contributed by atoms with Crippen molar-refractivity contribution in [3.05, 3.63) is 0 Å². The van der Waals surface area contributed by atoms with E-state index in [1.807, 2.05) is 6.92 Å². The zero-order chi connectivity index (χ0) is 13.4. The van der Waals surface area contributed by atoms with Crippen molar-refractivity contribution in [3.63, 3.8) is 0 Å². The number of carboxylic acids is 1. The molecule has 3 N–H and O–H groups in total. The maximum absolute atomic E-state index is 11.5. The second kappa shape index (κ2) is 7.92. The van der Waals surface area contributed by atoms with Gasteiger partial charge in [0.15, 0.2) is 0 Å². The fourth-order valence-corrected chi connectivity index (χ4v) is 2.02. The van der Waals surface area contributed by atoms with Crippen LogP contribution in [0.25, 0.3) is 0 Å². The first kappa shape index (κ1) is 14.8. The van der Waals surface area contributed by atoms with Crippen LogP contribution in [0.3, 0.4) is 0 Å². The predicted octanol–water partition coefficient (Wildman–Crippen LogP) is 0.635. The van der Waals surface area contributed by atoms with Gasteiger partial charge in [-0.15, -0.1) is 0 Å². The Kier molecular flexibility index (Phi) is 6.49. The number of urea groups is 1. The number of carbonyl (C=O) groups is 2. The average Bonchev–Trinajstić information content (AvgIpc) is 2.79. The molecule has 2 amide bonds. The highest BCUT2D eigenvalue weighted by Gasteiger charge is 2.12. The van der Waals surface area contributed by atoms with Crippen molar-refractivity contribution in [2.45, 2.75) is 38.6 Å². The highest BCUT2D eigenvalue weighted by molar-refractivity contribution is 5.74. The molecule has 1 heterocycles. The number of nitrogens with one attached hydrogen (secondary N) is 2. The van der Waals surface area contributed by atoms with E-state index in [4.69, 9.17) is 5.11 Å². The van der Waals surface area contributed by atoms with Gasteiger partial charge in [-0.1, -0.05) is 0 Å². The van der Waals surface area contributed by atoms with E-state index in [9.17, 15) is 9.59 Å². The SMILES string of the molecule is CC(CCC(=O)O)NC(=O)NCCN1CCCC1. The van der Waals surface area contributed by atoms with Gasteiger partial charge in [0.05, 0.1) is 0 Å². The highest BCUT2D eigenvalue weighted by Crippen LogP contribution is 2.05. The summed E-state index contributed by atoms with van der Waals surface area (Å²) in [4.78, 5) is 24.2. The first-order valence-corrected chi connectivity index (χ1v) is 6.56. The monoisotopic (exact) mass is 257 g/mol. The Morgan fingerprint density at radius 3 is 2.61 bits per heavy atom. The molecule has 6 nitrogen and oxygen atoms in total. The topological polar surface area (TPSA) is 81.7 Å². The van der Waals surface area contributed by atoms with Crippen LogP contribution in [-0.2, 0) is 4.79 Å². The van der Waals surface area contributed by atoms with Crippen LogP contribution in [0, 0.1) is 0 Å². The summed E-state index contributed by atoms with van der Waals surface area (Å²) in [6, 6.07) is -0.333. The summed E-state index contributed by atoms with van der Waals surface area (Å²) in [5.74, 6) is -0.835. The zero-order valence-corrected chi connectivity index (χ0v) is 10.9. The summed E-state index contributed by atoms with van der Waals surface area (Å²) in [7, 11) is 0. The molecule has 1 saturated heterocycles. The van der Waals surface area contributed by atoms with E-state index in [2.05, 4.69) is 15.5 Å². The van der Waals surface area contributed by atoms with Gasteiger partial charge in [0, 0.05) is 25.6 Å². The summed E-state index contributed by atoms with van der Waals surface area (Å²) in [5.41, 5.74) is 0. The Labute approximate surface area is 108 Å². The average molecular weight is 257 g/mol. The quantitative estimate of drug-likeness (QED) is 0.625. The maximum atomic E-state index is 11.5. The minimum Gasteiger partial charge on any atom is -0.481 e. The smallest absolute Gasteiger partial charge is 0.315 e. The van der Waals surface area contributed by atoms with Crippen LogP contribution in [-0.4, -0.2) is 54.2 Å². The second-order valence-corrected chi connectivity index (χ2v) is 4.78. The number of amides is 2. The van der Waals surface area contributed by atoms with Crippen LogP contribution in [0.2, 0.25) is 0 Å². The van der Waals surface area contributed by atoms with E-state index in [0.717, 1.165) is 19.6 Å². The van der Waals surface area contributed by atoms with Crippen LogP contribution in [0.4, 0.5) is 4.79 Å². The number of aliphatic carboxylic acids is 1. The van der Waals surface area contributed by atoms with Crippen LogP contribution >= 0.6 is 0 Å². The van der Waals surface area contributed by atoms with Crippen LogP contribution in [0.1, 0.15) is 32.6 Å². The molecule has 1 aliphatic heterocycles. The molecule has 1 atom stereocenters. The van der Waals surface area contributed by atoms with Crippen molar-refractivity contribution >= 4 is 12.0 Å². The molecular formula is C12H23N3O3. The van der Waals surface area contributed by atoms with Crippen molar-refractivity contribution in [2.75, 3.05) is 26.2 Å². The molecule has 1 aliphatic rings. The van der Waals surface area contributed by atoms with Gasteiger partial charge in [0.1, 0.15) is 0 Å². The maximum Gasteiger partial charge on any atom is 0.315 e. The Balaban J connectivity index is 2.03. The molecular weight excluding hydrogens is 234 g/mol. The third-order valence-electron chi connectivity index (χ3n) is 3.08. The van der Waals surface area contributed by atoms with Crippen molar-refractivity contribution < 1.29 is 14.7 Å². The molecule has 6 heteroatoms. The number of nitrogens with zero attached hydrogens (tertiary/aromatic N) is 1. The van der Waals surface area contributed by atoms with Crippen molar-refractivity contribution in [2.24, 2.45) is 0 Å². The van der Waals surface area contributed by atoms with Gasteiger partial charge in [-0.25, -0.2) is 4.79 Å². The predicted molar refractivity (Wildman–Crippen MR) is 68.5 cm³/mol. The first-order chi connectivity index (χ1) is 8.58. The van der Waals surface area contributed by atoms with E-state index in [1.54, 1.807) is 0 Å². The van der Waals surface area contributed by atoms with Gasteiger partial charge < -0.3 is 20.6 Å². The molecule has 0 aromatic rings. The fourth-order valence-electron chi connectivity index (χ4n) is 2.02. The minimum absolute atomic E-state index is 0.0786. The molecule has 104 valence electrons. The summed E-state index contributed by atoms with van der Waals surface area (Å²) >= 11 is 0. The van der Waals surface area contributed by atoms with E-state index < -0.39 is 5.97 Å². The van der Waals surface area contributed by atoms with Crippen molar-refractivity contribution in [3.8, 4) is 0 Å². The minimum atomic E-state index is -0.835. The molecule has 18 heavy (non-hydrogen) atoms. The lowest BCUT2D eigenvalue weighted by Gasteiger charge is -2.17. The van der Waals surface area contributed by atoms with Gasteiger partial charge in [0.2, 0.25) is 0 Å². The normalized spacial score (nSPS) is 17.4. The molecule has 1 rings (SSSR count). The van der Waals surface area contributed by atoms with Crippen LogP contribution < -0.4 is 10.6 Å². The van der Waals surface area contributed by atoms with E-state index >= 15 is 0 Å². The summed E-state index contributed by atoms with van der Waals surface area (Å²) < 4.78 is 0. The number of hydrogen-bond acceptors (Lipinski definition) is 3. The number of carboxylic acid groups (broad SMARTS) is 1. The van der Waals surface area contributed by atoms with Gasteiger partial charge in [-0.05, 0) is 39.3 Å².